The fourth-order valence-corrected chi connectivity index (χ4v) is 0.515. The van der Waals surface area contributed by atoms with E-state index in [9.17, 15) is 0 Å². The minimum absolute atomic E-state index is 0.991. The fourth-order valence-electron chi connectivity index (χ4n) is 0.515. The van der Waals surface area contributed by atoms with E-state index in [1.807, 2.05) is 14.1 Å². The van der Waals surface area contributed by atoms with Gasteiger partial charge < -0.3 is 0 Å². The number of hydrazine groups is 2. The quantitative estimate of drug-likeness (QED) is 0.271. The summed E-state index contributed by atoms with van der Waals surface area (Å²) in [5, 5.41) is 0. The van der Waals surface area contributed by atoms with Crippen LogP contribution in [0.4, 0.5) is 0 Å². The van der Waals surface area contributed by atoms with Crippen molar-refractivity contribution in [2.75, 3.05) is 27.2 Å². The van der Waals surface area contributed by atoms with Gasteiger partial charge in [-0.05, 0) is 20.5 Å². The molecule has 0 spiro atoms. The molecule has 0 unspecified atom stereocenters. The molecule has 0 aliphatic heterocycles. The summed E-state index contributed by atoms with van der Waals surface area (Å²) in [6, 6.07) is 0. The van der Waals surface area contributed by atoms with Gasteiger partial charge in [0, 0.05) is 13.1 Å². The summed E-state index contributed by atoms with van der Waals surface area (Å²) in [4.78, 5) is 0. The Morgan fingerprint density at radius 1 is 0.889 bits per heavy atom. The maximum absolute atomic E-state index is 2.99. The molecule has 4 nitrogen and oxygen atoms in total. The van der Waals surface area contributed by atoms with Crippen molar-refractivity contribution in [3.05, 3.63) is 0 Å². The number of hydrogen-bond acceptors (Lipinski definition) is 4. The van der Waals surface area contributed by atoms with Crippen LogP contribution in [-0.2, 0) is 0 Å². The van der Waals surface area contributed by atoms with Gasteiger partial charge in [0.1, 0.15) is 0 Å². The minimum atomic E-state index is 0.991. The molecule has 4 heteroatoms. The molecule has 0 aromatic carbocycles. The molecule has 0 saturated heterocycles. The summed E-state index contributed by atoms with van der Waals surface area (Å²) < 4.78 is 0. The molecule has 0 saturated carbocycles. The SMILES string of the molecule is CNNCCCNNC. The van der Waals surface area contributed by atoms with Crippen molar-refractivity contribution in [3.63, 3.8) is 0 Å². The van der Waals surface area contributed by atoms with Crippen LogP contribution < -0.4 is 21.7 Å². The third-order valence-corrected chi connectivity index (χ3v) is 0.957. The maximum Gasteiger partial charge on any atom is 0.0112 e. The van der Waals surface area contributed by atoms with E-state index >= 15 is 0 Å². The van der Waals surface area contributed by atoms with Gasteiger partial charge in [0.05, 0.1) is 0 Å². The molecule has 0 aromatic rings. The van der Waals surface area contributed by atoms with Gasteiger partial charge in [-0.1, -0.05) is 0 Å². The molecular formula is C5H16N4. The van der Waals surface area contributed by atoms with Crippen LogP contribution in [0, 0.1) is 0 Å². The molecule has 0 bridgehead atoms. The topological polar surface area (TPSA) is 48.1 Å². The van der Waals surface area contributed by atoms with Crippen molar-refractivity contribution in [3.8, 4) is 0 Å². The first kappa shape index (κ1) is 8.84. The van der Waals surface area contributed by atoms with Gasteiger partial charge in [-0.15, -0.1) is 0 Å². The molecule has 4 N–H and O–H groups in total. The summed E-state index contributed by atoms with van der Waals surface area (Å²) in [6.07, 6.45) is 1.11. The highest BCUT2D eigenvalue weighted by molar-refractivity contribution is 4.42. The summed E-state index contributed by atoms with van der Waals surface area (Å²) in [5.41, 5.74) is 11.7. The zero-order valence-corrected chi connectivity index (χ0v) is 6.12. The Morgan fingerprint density at radius 2 is 1.33 bits per heavy atom. The Morgan fingerprint density at radius 3 is 1.67 bits per heavy atom. The van der Waals surface area contributed by atoms with E-state index in [-0.39, 0.29) is 0 Å². The number of nitrogens with one attached hydrogen (secondary N) is 4. The van der Waals surface area contributed by atoms with Crippen molar-refractivity contribution < 1.29 is 0 Å². The third-order valence-electron chi connectivity index (χ3n) is 0.957. The molecule has 0 radical (unpaired) electrons. The van der Waals surface area contributed by atoms with Gasteiger partial charge in [0.2, 0.25) is 0 Å². The van der Waals surface area contributed by atoms with E-state index in [2.05, 4.69) is 21.7 Å². The normalized spacial score (nSPS) is 10.0. The standard InChI is InChI=1S/C5H16N4/c1-6-8-4-3-5-9-7-2/h6-9H,3-5H2,1-2H3. The first-order valence-corrected chi connectivity index (χ1v) is 3.21. The molecule has 0 aliphatic carbocycles. The van der Waals surface area contributed by atoms with Crippen molar-refractivity contribution in [1.29, 1.82) is 0 Å². The Labute approximate surface area is 56.3 Å². The molecule has 0 heterocycles. The molecule has 0 aromatic heterocycles. The van der Waals surface area contributed by atoms with Gasteiger partial charge in [-0.2, -0.15) is 0 Å². The van der Waals surface area contributed by atoms with Crippen LogP contribution >= 0.6 is 0 Å². The van der Waals surface area contributed by atoms with E-state index in [1.165, 1.54) is 0 Å². The molecule has 0 amide bonds. The van der Waals surface area contributed by atoms with E-state index in [4.69, 9.17) is 0 Å². The molecule has 0 aliphatic rings. The van der Waals surface area contributed by atoms with Crippen molar-refractivity contribution in [1.82, 2.24) is 21.7 Å². The van der Waals surface area contributed by atoms with Crippen molar-refractivity contribution >= 4 is 0 Å². The smallest absolute Gasteiger partial charge is 0.0112 e. The van der Waals surface area contributed by atoms with Crippen LogP contribution in [0.5, 0.6) is 0 Å². The van der Waals surface area contributed by atoms with E-state index in [1.54, 1.807) is 0 Å². The van der Waals surface area contributed by atoms with Crippen LogP contribution in [0.25, 0.3) is 0 Å². The van der Waals surface area contributed by atoms with Crippen LogP contribution in [-0.4, -0.2) is 27.2 Å². The molecule has 0 rings (SSSR count). The monoisotopic (exact) mass is 132 g/mol. The summed E-state index contributed by atoms with van der Waals surface area (Å²) in [7, 11) is 3.73. The molecule has 0 fully saturated rings. The van der Waals surface area contributed by atoms with E-state index in [0.717, 1.165) is 19.5 Å². The first-order valence-electron chi connectivity index (χ1n) is 3.21. The lowest BCUT2D eigenvalue weighted by Crippen LogP contribution is -2.33. The van der Waals surface area contributed by atoms with Crippen LogP contribution in [0.1, 0.15) is 6.42 Å². The minimum Gasteiger partial charge on any atom is -0.261 e. The van der Waals surface area contributed by atoms with Crippen LogP contribution in [0.2, 0.25) is 0 Å². The second kappa shape index (κ2) is 7.84. The Bertz CT molecular complexity index is 42.2. The summed E-state index contributed by atoms with van der Waals surface area (Å²) in [5.74, 6) is 0. The first-order chi connectivity index (χ1) is 4.41. The van der Waals surface area contributed by atoms with Gasteiger partial charge in [-0.3, -0.25) is 21.7 Å². The van der Waals surface area contributed by atoms with Gasteiger partial charge in [0.25, 0.3) is 0 Å². The van der Waals surface area contributed by atoms with Crippen molar-refractivity contribution in [2.45, 2.75) is 6.42 Å². The second-order valence-electron chi connectivity index (χ2n) is 1.71. The van der Waals surface area contributed by atoms with E-state index in [0.29, 0.717) is 0 Å². The molecular weight excluding hydrogens is 116 g/mol. The lowest BCUT2D eigenvalue weighted by Gasteiger charge is -2.02. The summed E-state index contributed by atoms with van der Waals surface area (Å²) >= 11 is 0. The number of rotatable bonds is 6. The summed E-state index contributed by atoms with van der Waals surface area (Å²) in [6.45, 7) is 1.98. The Hall–Kier alpha value is -0.160. The number of hydrogen-bond donors (Lipinski definition) is 4. The Kier molecular flexibility index (Phi) is 7.70. The zero-order chi connectivity index (χ0) is 6.95. The maximum atomic E-state index is 2.99. The largest absolute Gasteiger partial charge is 0.261 e. The molecule has 9 heavy (non-hydrogen) atoms. The average Bonchev–Trinajstić information content (AvgIpc) is 1.89. The molecule has 0 atom stereocenters. The Balaban J connectivity index is 2.60. The van der Waals surface area contributed by atoms with Crippen LogP contribution in [0.15, 0.2) is 0 Å². The van der Waals surface area contributed by atoms with Gasteiger partial charge in [0.15, 0.2) is 0 Å². The zero-order valence-electron chi connectivity index (χ0n) is 6.12. The second-order valence-corrected chi connectivity index (χ2v) is 1.71. The highest BCUT2D eigenvalue weighted by Crippen LogP contribution is 1.67. The predicted octanol–water partition coefficient (Wildman–Crippen LogP) is -1.18. The van der Waals surface area contributed by atoms with Gasteiger partial charge >= 0.3 is 0 Å². The highest BCUT2D eigenvalue weighted by atomic mass is 15.3. The third kappa shape index (κ3) is 7.84. The van der Waals surface area contributed by atoms with Gasteiger partial charge in [-0.25, -0.2) is 0 Å². The molecule has 56 valence electrons. The van der Waals surface area contributed by atoms with Crippen LogP contribution in [0.3, 0.4) is 0 Å². The predicted molar refractivity (Wildman–Crippen MR) is 38.7 cm³/mol. The fraction of sp³-hybridized carbons (Fsp3) is 1.00. The average molecular weight is 132 g/mol. The van der Waals surface area contributed by atoms with E-state index < -0.39 is 0 Å². The lowest BCUT2D eigenvalue weighted by atomic mass is 10.4. The lowest BCUT2D eigenvalue weighted by molar-refractivity contribution is 0.523. The van der Waals surface area contributed by atoms with Crippen molar-refractivity contribution in [2.24, 2.45) is 0 Å². The highest BCUT2D eigenvalue weighted by Gasteiger charge is 1.81.